The van der Waals surface area contributed by atoms with Crippen molar-refractivity contribution in [3.8, 4) is 6.07 Å². The van der Waals surface area contributed by atoms with Crippen LogP contribution in [0.25, 0.3) is 11.0 Å². The molecule has 1 aromatic heterocycles. The first-order valence-electron chi connectivity index (χ1n) is 5.91. The Labute approximate surface area is 119 Å². The fraction of sp³-hybridized carbons (Fsp3) is 0.385. The summed E-state index contributed by atoms with van der Waals surface area (Å²) in [6, 6.07) is 7.53. The van der Waals surface area contributed by atoms with Crippen molar-refractivity contribution in [3.63, 3.8) is 0 Å². The summed E-state index contributed by atoms with van der Waals surface area (Å²) in [5.74, 6) is 1.94. The molecule has 0 radical (unpaired) electrons. The van der Waals surface area contributed by atoms with E-state index in [1.807, 2.05) is 16.7 Å². The number of halogens is 1. The monoisotopic (exact) mass is 295 g/mol. The molecule has 1 unspecified atom stereocenters. The highest BCUT2D eigenvalue weighted by atomic mass is 35.5. The van der Waals surface area contributed by atoms with Crippen LogP contribution in [0.15, 0.2) is 18.2 Å². The van der Waals surface area contributed by atoms with Gasteiger partial charge in [-0.25, -0.2) is 4.98 Å². The molecule has 0 fully saturated rings. The Bertz CT molecular complexity index is 660. The number of benzene rings is 1. The lowest BCUT2D eigenvalue weighted by molar-refractivity contribution is 0.674. The molecule has 1 aromatic carbocycles. The highest BCUT2D eigenvalue weighted by Gasteiger charge is 2.11. The van der Waals surface area contributed by atoms with Crippen LogP contribution in [0, 0.1) is 11.3 Å². The Kier molecular flexibility index (Phi) is 4.56. The van der Waals surface area contributed by atoms with Crippen LogP contribution < -0.4 is 0 Å². The third-order valence-corrected chi connectivity index (χ3v) is 3.82. The Balaban J connectivity index is 2.50. The predicted molar refractivity (Wildman–Crippen MR) is 77.8 cm³/mol. The van der Waals surface area contributed by atoms with E-state index in [2.05, 4.69) is 11.1 Å². The fourth-order valence-corrected chi connectivity index (χ4v) is 2.60. The summed E-state index contributed by atoms with van der Waals surface area (Å²) in [4.78, 5) is 4.53. The van der Waals surface area contributed by atoms with E-state index >= 15 is 0 Å². The standard InChI is InChI=1S/C13H14ClN3OS/c1-19(18)7-6-17-12-8-10(9-15)2-3-11(12)16-13(17)4-5-14/h2-3,8H,4-7H2,1H3. The molecule has 6 heteroatoms. The van der Waals surface area contributed by atoms with Gasteiger partial charge in [-0.15, -0.1) is 11.6 Å². The van der Waals surface area contributed by atoms with Gasteiger partial charge >= 0.3 is 0 Å². The van der Waals surface area contributed by atoms with Crippen LogP contribution in [0.5, 0.6) is 0 Å². The van der Waals surface area contributed by atoms with Gasteiger partial charge in [0.05, 0.1) is 22.7 Å². The zero-order valence-electron chi connectivity index (χ0n) is 10.6. The molecule has 0 saturated heterocycles. The third-order valence-electron chi connectivity index (χ3n) is 2.88. The molecule has 1 atom stereocenters. The second-order valence-corrected chi connectivity index (χ2v) is 6.14. The van der Waals surface area contributed by atoms with E-state index < -0.39 is 10.8 Å². The van der Waals surface area contributed by atoms with E-state index in [1.165, 1.54) is 0 Å². The van der Waals surface area contributed by atoms with Crippen molar-refractivity contribution in [1.29, 1.82) is 5.26 Å². The van der Waals surface area contributed by atoms with Crippen molar-refractivity contribution in [1.82, 2.24) is 9.55 Å². The van der Waals surface area contributed by atoms with Gasteiger partial charge in [-0.2, -0.15) is 5.26 Å². The lowest BCUT2D eigenvalue weighted by Gasteiger charge is -2.07. The Hall–Kier alpha value is -1.38. The molecular weight excluding hydrogens is 282 g/mol. The second kappa shape index (κ2) is 6.18. The normalized spacial score (nSPS) is 12.5. The molecular formula is C13H14ClN3OS. The van der Waals surface area contributed by atoms with Crippen LogP contribution in [0.3, 0.4) is 0 Å². The SMILES string of the molecule is CS(=O)CCn1c(CCCl)nc2ccc(C#N)cc21. The number of rotatable bonds is 5. The van der Waals surface area contributed by atoms with Crippen molar-refractivity contribution in [2.75, 3.05) is 17.9 Å². The zero-order valence-corrected chi connectivity index (χ0v) is 12.2. The molecule has 100 valence electrons. The van der Waals surface area contributed by atoms with Crippen LogP contribution in [0.4, 0.5) is 0 Å². The average Bonchev–Trinajstić information content (AvgIpc) is 2.73. The van der Waals surface area contributed by atoms with Gasteiger partial charge in [0.15, 0.2) is 0 Å². The summed E-state index contributed by atoms with van der Waals surface area (Å²) in [7, 11) is -0.859. The summed E-state index contributed by atoms with van der Waals surface area (Å²) in [6.45, 7) is 0.626. The maximum Gasteiger partial charge on any atom is 0.111 e. The minimum Gasteiger partial charge on any atom is -0.327 e. The van der Waals surface area contributed by atoms with E-state index in [9.17, 15) is 4.21 Å². The smallest absolute Gasteiger partial charge is 0.111 e. The van der Waals surface area contributed by atoms with Crippen LogP contribution in [0.2, 0.25) is 0 Å². The minimum atomic E-state index is -0.859. The minimum absolute atomic E-state index is 0.490. The number of aryl methyl sites for hydroxylation is 2. The lowest BCUT2D eigenvalue weighted by atomic mass is 10.2. The number of alkyl halides is 1. The Morgan fingerprint density at radius 2 is 2.32 bits per heavy atom. The average molecular weight is 296 g/mol. The summed E-state index contributed by atoms with van der Waals surface area (Å²) in [6.07, 6.45) is 2.34. The molecule has 0 aliphatic rings. The van der Waals surface area contributed by atoms with Gasteiger partial charge in [0, 0.05) is 41.7 Å². The van der Waals surface area contributed by atoms with Gasteiger partial charge in [0.2, 0.25) is 0 Å². The van der Waals surface area contributed by atoms with E-state index in [4.69, 9.17) is 16.9 Å². The maximum atomic E-state index is 11.3. The first-order chi connectivity index (χ1) is 9.15. The molecule has 2 rings (SSSR count). The number of hydrogen-bond acceptors (Lipinski definition) is 3. The third kappa shape index (κ3) is 3.14. The second-order valence-electron chi connectivity index (χ2n) is 4.21. The van der Waals surface area contributed by atoms with Gasteiger partial charge in [0.1, 0.15) is 5.82 Å². The molecule has 0 aliphatic heterocycles. The van der Waals surface area contributed by atoms with Gasteiger partial charge in [-0.05, 0) is 18.2 Å². The maximum absolute atomic E-state index is 11.3. The number of nitriles is 1. The molecule has 0 spiro atoms. The number of hydrogen-bond donors (Lipinski definition) is 0. The molecule has 0 amide bonds. The lowest BCUT2D eigenvalue weighted by Crippen LogP contribution is -2.10. The van der Waals surface area contributed by atoms with Crippen molar-refractivity contribution in [2.45, 2.75) is 13.0 Å². The quantitative estimate of drug-likeness (QED) is 0.794. The summed E-state index contributed by atoms with van der Waals surface area (Å²) < 4.78 is 13.3. The highest BCUT2D eigenvalue weighted by molar-refractivity contribution is 7.84. The van der Waals surface area contributed by atoms with Crippen molar-refractivity contribution >= 4 is 33.4 Å². The van der Waals surface area contributed by atoms with Gasteiger partial charge in [0.25, 0.3) is 0 Å². The first-order valence-corrected chi connectivity index (χ1v) is 8.17. The summed E-state index contributed by atoms with van der Waals surface area (Å²) >= 11 is 5.79. The topological polar surface area (TPSA) is 58.7 Å². The van der Waals surface area contributed by atoms with E-state index in [0.29, 0.717) is 30.2 Å². The predicted octanol–water partition coefficient (Wildman–Crippen LogP) is 2.07. The summed E-state index contributed by atoms with van der Waals surface area (Å²) in [5.41, 5.74) is 2.36. The molecule has 1 heterocycles. The van der Waals surface area contributed by atoms with E-state index in [0.717, 1.165) is 16.9 Å². The molecule has 0 bridgehead atoms. The van der Waals surface area contributed by atoms with Crippen LogP contribution in [0.1, 0.15) is 11.4 Å². The van der Waals surface area contributed by atoms with Crippen molar-refractivity contribution < 1.29 is 4.21 Å². The largest absolute Gasteiger partial charge is 0.327 e. The molecule has 2 aromatic rings. The Morgan fingerprint density at radius 3 is 2.95 bits per heavy atom. The van der Waals surface area contributed by atoms with E-state index in [1.54, 1.807) is 12.3 Å². The first kappa shape index (κ1) is 14.0. The molecule has 0 saturated carbocycles. The van der Waals surface area contributed by atoms with Crippen molar-refractivity contribution in [3.05, 3.63) is 29.6 Å². The number of fused-ring (bicyclic) bond motifs is 1. The summed E-state index contributed by atoms with van der Waals surface area (Å²) in [5, 5.41) is 8.97. The number of aromatic nitrogens is 2. The van der Waals surface area contributed by atoms with Crippen LogP contribution in [-0.2, 0) is 23.8 Å². The van der Waals surface area contributed by atoms with Crippen LogP contribution >= 0.6 is 11.6 Å². The highest BCUT2D eigenvalue weighted by Crippen LogP contribution is 2.18. The number of nitrogens with zero attached hydrogens (tertiary/aromatic N) is 3. The van der Waals surface area contributed by atoms with Gasteiger partial charge in [-0.3, -0.25) is 4.21 Å². The Morgan fingerprint density at radius 1 is 1.53 bits per heavy atom. The molecule has 19 heavy (non-hydrogen) atoms. The van der Waals surface area contributed by atoms with E-state index in [-0.39, 0.29) is 0 Å². The number of imidazole rings is 1. The molecule has 0 N–H and O–H groups in total. The fourth-order valence-electron chi connectivity index (χ4n) is 1.99. The van der Waals surface area contributed by atoms with Crippen molar-refractivity contribution in [2.24, 2.45) is 0 Å². The molecule has 0 aliphatic carbocycles. The van der Waals surface area contributed by atoms with Gasteiger partial charge in [-0.1, -0.05) is 0 Å². The zero-order chi connectivity index (χ0) is 13.8. The van der Waals surface area contributed by atoms with Gasteiger partial charge < -0.3 is 4.57 Å². The van der Waals surface area contributed by atoms with Crippen LogP contribution in [-0.4, -0.2) is 31.6 Å². The molecule has 4 nitrogen and oxygen atoms in total.